The van der Waals surface area contributed by atoms with E-state index in [9.17, 15) is 9.59 Å². The molecule has 31 heavy (non-hydrogen) atoms. The lowest BCUT2D eigenvalue weighted by Crippen LogP contribution is -2.28. The molecule has 0 aliphatic carbocycles. The Labute approximate surface area is 183 Å². The minimum Gasteiger partial charge on any atom is -0.436 e. The maximum Gasteiger partial charge on any atom is 0.351 e. The number of nitrogens with one attached hydrogen (secondary N) is 1. The molecule has 0 saturated carbocycles. The van der Waals surface area contributed by atoms with E-state index in [2.05, 4.69) is 29.2 Å². The Hall–Kier alpha value is -3.65. The largest absolute Gasteiger partial charge is 0.436 e. The molecule has 9 heteroatoms. The van der Waals surface area contributed by atoms with Crippen LogP contribution in [0, 0.1) is 0 Å². The molecular formula is C22H20ClN5O3. The molecule has 4 aromatic rings. The lowest BCUT2D eigenvalue weighted by molar-refractivity contribution is -0.117. The van der Waals surface area contributed by atoms with Gasteiger partial charge in [0.2, 0.25) is 11.6 Å². The number of halogens is 1. The Kier molecular flexibility index (Phi) is 5.73. The van der Waals surface area contributed by atoms with Gasteiger partial charge in [0.25, 0.3) is 5.88 Å². The quantitative estimate of drug-likeness (QED) is 0.490. The first-order chi connectivity index (χ1) is 14.9. The van der Waals surface area contributed by atoms with Gasteiger partial charge in [-0.1, -0.05) is 43.6 Å². The number of fused-ring (bicyclic) bond motifs is 1. The number of rotatable bonds is 6. The normalized spacial score (nSPS) is 11.1. The number of hydrogen-bond donors (Lipinski definition) is 1. The molecule has 1 amide bonds. The number of carbonyl (C=O) groups excluding carboxylic acids is 1. The molecule has 0 radical (unpaired) electrons. The number of benzene rings is 2. The van der Waals surface area contributed by atoms with Crippen LogP contribution < -0.4 is 15.7 Å². The maximum atomic E-state index is 12.7. The fourth-order valence-electron chi connectivity index (χ4n) is 3.04. The van der Waals surface area contributed by atoms with E-state index in [1.165, 1.54) is 22.4 Å². The van der Waals surface area contributed by atoms with Crippen molar-refractivity contribution >= 4 is 28.8 Å². The van der Waals surface area contributed by atoms with Crippen molar-refractivity contribution in [2.45, 2.75) is 26.3 Å². The molecular weight excluding hydrogens is 418 g/mol. The summed E-state index contributed by atoms with van der Waals surface area (Å²) in [5.74, 6) is 0.743. The molecule has 0 spiro atoms. The molecule has 2 heterocycles. The molecule has 8 nitrogen and oxygen atoms in total. The summed E-state index contributed by atoms with van der Waals surface area (Å²) in [6.07, 6.45) is 2.93. The third kappa shape index (κ3) is 4.59. The average Bonchev–Trinajstić information content (AvgIpc) is 3.05. The number of ether oxygens (including phenoxy) is 1. The van der Waals surface area contributed by atoms with Crippen molar-refractivity contribution in [3.05, 3.63) is 82.0 Å². The van der Waals surface area contributed by atoms with Crippen LogP contribution in [0.5, 0.6) is 11.6 Å². The number of nitrogens with zero attached hydrogens (tertiary/aromatic N) is 4. The van der Waals surface area contributed by atoms with Crippen molar-refractivity contribution in [2.24, 2.45) is 0 Å². The Morgan fingerprint density at radius 2 is 1.97 bits per heavy atom. The molecule has 0 bridgehead atoms. The zero-order valence-electron chi connectivity index (χ0n) is 16.9. The van der Waals surface area contributed by atoms with Gasteiger partial charge in [-0.25, -0.2) is 18.9 Å². The van der Waals surface area contributed by atoms with E-state index in [4.69, 9.17) is 16.3 Å². The van der Waals surface area contributed by atoms with E-state index in [-0.39, 0.29) is 18.1 Å². The second-order valence-electron chi connectivity index (χ2n) is 7.25. The molecule has 4 rings (SSSR count). The van der Waals surface area contributed by atoms with Gasteiger partial charge in [0, 0.05) is 23.1 Å². The molecule has 2 aromatic heterocycles. The summed E-state index contributed by atoms with van der Waals surface area (Å²) in [4.78, 5) is 29.2. The van der Waals surface area contributed by atoms with Gasteiger partial charge in [-0.2, -0.15) is 0 Å². The van der Waals surface area contributed by atoms with Gasteiger partial charge in [0.1, 0.15) is 12.3 Å². The van der Waals surface area contributed by atoms with Crippen LogP contribution in [0.25, 0.3) is 5.65 Å². The van der Waals surface area contributed by atoms with Crippen LogP contribution in [-0.2, 0) is 11.3 Å². The van der Waals surface area contributed by atoms with Gasteiger partial charge >= 0.3 is 5.69 Å². The van der Waals surface area contributed by atoms with Gasteiger partial charge in [0.15, 0.2) is 0 Å². The zero-order valence-corrected chi connectivity index (χ0v) is 17.7. The van der Waals surface area contributed by atoms with Gasteiger partial charge in [-0.3, -0.25) is 4.79 Å². The minimum atomic E-state index is -0.473. The highest BCUT2D eigenvalue weighted by Gasteiger charge is 2.16. The second-order valence-corrected chi connectivity index (χ2v) is 7.69. The number of anilines is 1. The minimum absolute atomic E-state index is 0.172. The second kappa shape index (κ2) is 8.61. The summed E-state index contributed by atoms with van der Waals surface area (Å²) in [7, 11) is 0. The summed E-state index contributed by atoms with van der Waals surface area (Å²) < 4.78 is 8.20. The molecule has 158 valence electrons. The van der Waals surface area contributed by atoms with E-state index in [0.29, 0.717) is 22.4 Å². The Bertz CT molecular complexity index is 1290. The van der Waals surface area contributed by atoms with Crippen LogP contribution in [0.3, 0.4) is 0 Å². The predicted molar refractivity (Wildman–Crippen MR) is 118 cm³/mol. The molecule has 0 unspecified atom stereocenters. The molecule has 0 fully saturated rings. The van der Waals surface area contributed by atoms with Crippen molar-refractivity contribution in [1.82, 2.24) is 19.2 Å². The first kappa shape index (κ1) is 20.6. The Balaban J connectivity index is 1.57. The predicted octanol–water partition coefficient (Wildman–Crippen LogP) is 4.10. The van der Waals surface area contributed by atoms with Gasteiger partial charge in [-0.15, -0.1) is 5.10 Å². The highest BCUT2D eigenvalue weighted by atomic mass is 35.5. The monoisotopic (exact) mass is 437 g/mol. The van der Waals surface area contributed by atoms with E-state index >= 15 is 0 Å². The lowest BCUT2D eigenvalue weighted by atomic mass is 10.0. The molecule has 1 N–H and O–H groups in total. The van der Waals surface area contributed by atoms with E-state index in [0.717, 1.165) is 4.68 Å². The van der Waals surface area contributed by atoms with E-state index < -0.39 is 11.6 Å². The highest BCUT2D eigenvalue weighted by Crippen LogP contribution is 2.24. The first-order valence-corrected chi connectivity index (χ1v) is 10.1. The van der Waals surface area contributed by atoms with E-state index in [1.807, 2.05) is 24.3 Å². The van der Waals surface area contributed by atoms with Crippen LogP contribution in [0.2, 0.25) is 5.02 Å². The Morgan fingerprint density at radius 3 is 2.68 bits per heavy atom. The average molecular weight is 438 g/mol. The molecule has 0 aliphatic rings. The van der Waals surface area contributed by atoms with Crippen LogP contribution in [0.15, 0.2) is 65.7 Å². The summed E-state index contributed by atoms with van der Waals surface area (Å²) in [6.45, 7) is 3.95. The third-order valence-electron chi connectivity index (χ3n) is 4.63. The number of hydrogen-bond acceptors (Lipinski definition) is 5. The molecule has 0 atom stereocenters. The van der Waals surface area contributed by atoms with Crippen LogP contribution >= 0.6 is 11.6 Å². The van der Waals surface area contributed by atoms with Crippen molar-refractivity contribution < 1.29 is 9.53 Å². The summed E-state index contributed by atoms with van der Waals surface area (Å²) >= 11 is 5.93. The highest BCUT2D eigenvalue weighted by molar-refractivity contribution is 6.30. The standard InChI is InChI=1S/C22H20ClN5O3/c1-14(2)15-6-8-18(9-7-15)31-21-20-26-28(22(30)27(20)11-10-24-21)13-19(29)25-17-5-3-4-16(23)12-17/h3-12,14H,13H2,1-2H3,(H,25,29). The third-order valence-corrected chi connectivity index (χ3v) is 4.87. The van der Waals surface area contributed by atoms with E-state index in [1.54, 1.807) is 24.3 Å². The Morgan fingerprint density at radius 1 is 1.19 bits per heavy atom. The maximum absolute atomic E-state index is 12.7. The first-order valence-electron chi connectivity index (χ1n) is 9.68. The SMILES string of the molecule is CC(C)c1ccc(Oc2nccn3c(=O)n(CC(=O)Nc4cccc(Cl)c4)nc23)cc1. The fourth-order valence-corrected chi connectivity index (χ4v) is 3.23. The molecule has 2 aromatic carbocycles. The van der Waals surface area contributed by atoms with Gasteiger partial charge in [0.05, 0.1) is 0 Å². The van der Waals surface area contributed by atoms with Crippen molar-refractivity contribution in [3.8, 4) is 11.6 Å². The molecule has 0 aliphatic heterocycles. The summed E-state index contributed by atoms with van der Waals surface area (Å²) in [5.41, 5.74) is 1.46. The molecule has 0 saturated heterocycles. The van der Waals surface area contributed by atoms with Gasteiger partial charge < -0.3 is 10.1 Å². The van der Waals surface area contributed by atoms with Gasteiger partial charge in [-0.05, 0) is 41.8 Å². The van der Waals surface area contributed by atoms with Crippen LogP contribution in [-0.4, -0.2) is 25.1 Å². The van der Waals surface area contributed by atoms with Crippen molar-refractivity contribution in [1.29, 1.82) is 0 Å². The fraction of sp³-hybridized carbons (Fsp3) is 0.182. The number of carbonyl (C=O) groups is 1. The number of amides is 1. The lowest BCUT2D eigenvalue weighted by Gasteiger charge is -2.08. The zero-order chi connectivity index (χ0) is 22.0. The topological polar surface area (TPSA) is 90.5 Å². The summed E-state index contributed by atoms with van der Waals surface area (Å²) in [6, 6.07) is 14.4. The summed E-state index contributed by atoms with van der Waals surface area (Å²) in [5, 5.41) is 7.44. The van der Waals surface area contributed by atoms with Crippen LogP contribution in [0.1, 0.15) is 25.3 Å². The smallest absolute Gasteiger partial charge is 0.351 e. The van der Waals surface area contributed by atoms with Crippen molar-refractivity contribution in [3.63, 3.8) is 0 Å². The van der Waals surface area contributed by atoms with Crippen molar-refractivity contribution in [2.75, 3.05) is 5.32 Å². The van der Waals surface area contributed by atoms with Crippen LogP contribution in [0.4, 0.5) is 5.69 Å². The number of aromatic nitrogens is 4.